The van der Waals surface area contributed by atoms with Crippen LogP contribution in [-0.2, 0) is 4.74 Å². The fourth-order valence-electron chi connectivity index (χ4n) is 2.61. The Morgan fingerprint density at radius 1 is 1.19 bits per heavy atom. The van der Waals surface area contributed by atoms with Crippen LogP contribution in [-0.4, -0.2) is 59.3 Å². The van der Waals surface area contributed by atoms with Crippen LogP contribution >= 0.6 is 0 Å². The van der Waals surface area contributed by atoms with Gasteiger partial charge in [-0.3, -0.25) is 0 Å². The van der Waals surface area contributed by atoms with Crippen LogP contribution < -0.4 is 4.74 Å². The average Bonchev–Trinajstić information content (AvgIpc) is 3.02. The highest BCUT2D eigenvalue weighted by Crippen LogP contribution is 2.27. The van der Waals surface area contributed by atoms with Gasteiger partial charge in [0.15, 0.2) is 0 Å². The van der Waals surface area contributed by atoms with E-state index in [0.717, 1.165) is 12.1 Å². The molecule has 0 saturated heterocycles. The van der Waals surface area contributed by atoms with Gasteiger partial charge in [-0.2, -0.15) is 0 Å². The van der Waals surface area contributed by atoms with Crippen molar-refractivity contribution >= 4 is 11.5 Å². The van der Waals surface area contributed by atoms with Gasteiger partial charge in [-0.25, -0.2) is 4.79 Å². The van der Waals surface area contributed by atoms with Crippen molar-refractivity contribution in [2.75, 3.05) is 33.9 Å². The molecule has 3 heterocycles. The lowest BCUT2D eigenvalue weighted by Gasteiger charge is -2.10. The summed E-state index contributed by atoms with van der Waals surface area (Å²) in [6.07, 6.45) is 1.89. The summed E-state index contributed by atoms with van der Waals surface area (Å²) in [6.45, 7) is 3.42. The van der Waals surface area contributed by atoms with Gasteiger partial charge in [-0.1, -0.05) is 6.07 Å². The fraction of sp³-hybridized carbons (Fsp3) is 0.316. The number of pyridine rings is 1. The molecule has 0 aromatic carbocycles. The van der Waals surface area contributed by atoms with Crippen molar-refractivity contribution in [3.8, 4) is 17.3 Å². The van der Waals surface area contributed by atoms with Gasteiger partial charge in [-0.15, -0.1) is 10.2 Å². The van der Waals surface area contributed by atoms with Crippen molar-refractivity contribution in [1.29, 1.82) is 0 Å². The number of carbonyl (C=O) groups excluding carboxylic acids is 1. The molecule has 0 radical (unpaired) electrons. The summed E-state index contributed by atoms with van der Waals surface area (Å²) < 4.78 is 12.7. The van der Waals surface area contributed by atoms with Crippen LogP contribution in [0.5, 0.6) is 5.88 Å². The molecule has 0 aliphatic carbocycles. The maximum Gasteiger partial charge on any atom is 0.340 e. The number of rotatable bonds is 7. The van der Waals surface area contributed by atoms with Crippen LogP contribution in [0.25, 0.3) is 16.9 Å². The van der Waals surface area contributed by atoms with Gasteiger partial charge in [0.1, 0.15) is 12.3 Å². The van der Waals surface area contributed by atoms with Gasteiger partial charge in [0, 0.05) is 24.3 Å². The number of ether oxygens (including phenoxy) is 2. The second kappa shape index (κ2) is 7.97. The number of hydrogen-bond acceptors (Lipinski definition) is 6. The first-order valence-corrected chi connectivity index (χ1v) is 8.49. The maximum atomic E-state index is 12.4. The van der Waals surface area contributed by atoms with Gasteiger partial charge in [0.05, 0.1) is 17.9 Å². The zero-order chi connectivity index (χ0) is 18.5. The highest BCUT2D eigenvalue weighted by molar-refractivity contribution is 5.98. The lowest BCUT2D eigenvalue weighted by atomic mass is 10.2. The first-order valence-electron chi connectivity index (χ1n) is 8.49. The number of esters is 1. The van der Waals surface area contributed by atoms with E-state index < -0.39 is 0 Å². The molecule has 0 atom stereocenters. The second-order valence-electron chi connectivity index (χ2n) is 6.03. The van der Waals surface area contributed by atoms with Crippen LogP contribution in [0.4, 0.5) is 0 Å². The Labute approximate surface area is 152 Å². The Morgan fingerprint density at radius 2 is 2.04 bits per heavy atom. The molecule has 7 nitrogen and oxygen atoms in total. The van der Waals surface area contributed by atoms with Crippen LogP contribution in [0.15, 0.2) is 42.6 Å². The molecule has 0 N–H and O–H groups in total. The molecule has 0 fully saturated rings. The van der Waals surface area contributed by atoms with E-state index in [1.165, 1.54) is 0 Å². The van der Waals surface area contributed by atoms with E-state index in [2.05, 4.69) is 10.2 Å². The Morgan fingerprint density at radius 3 is 2.73 bits per heavy atom. The highest BCUT2D eigenvalue weighted by Gasteiger charge is 2.20. The molecule has 0 saturated carbocycles. The summed E-state index contributed by atoms with van der Waals surface area (Å²) in [5.74, 6) is 0.0773. The summed E-state index contributed by atoms with van der Waals surface area (Å²) in [6, 6.07) is 11.1. The van der Waals surface area contributed by atoms with E-state index in [0.29, 0.717) is 36.0 Å². The van der Waals surface area contributed by atoms with Crippen molar-refractivity contribution in [2.24, 2.45) is 0 Å². The normalized spacial score (nSPS) is 11.1. The fourth-order valence-corrected chi connectivity index (χ4v) is 2.61. The maximum absolute atomic E-state index is 12.4. The molecule has 0 amide bonds. The van der Waals surface area contributed by atoms with E-state index in [9.17, 15) is 4.79 Å². The lowest BCUT2D eigenvalue weighted by molar-refractivity contribution is 0.0527. The Balaban J connectivity index is 1.93. The zero-order valence-electron chi connectivity index (χ0n) is 15.2. The average molecular weight is 354 g/mol. The third kappa shape index (κ3) is 3.83. The quantitative estimate of drug-likeness (QED) is 0.607. The molecule has 0 spiro atoms. The number of likely N-dealkylation sites (N-methyl/N-ethyl adjacent to an activating group) is 1. The Hall–Kier alpha value is -2.93. The number of carbonyl (C=O) groups is 1. The van der Waals surface area contributed by atoms with Crippen LogP contribution in [0.1, 0.15) is 17.3 Å². The van der Waals surface area contributed by atoms with Gasteiger partial charge in [0.2, 0.25) is 5.88 Å². The molecule has 3 aromatic rings. The lowest BCUT2D eigenvalue weighted by Crippen LogP contribution is -2.19. The molecule has 0 bridgehead atoms. The van der Waals surface area contributed by atoms with E-state index in [-0.39, 0.29) is 5.97 Å². The van der Waals surface area contributed by atoms with Crippen LogP contribution in [0, 0.1) is 0 Å². The van der Waals surface area contributed by atoms with Crippen molar-refractivity contribution in [1.82, 2.24) is 19.5 Å². The number of aromatic nitrogens is 3. The van der Waals surface area contributed by atoms with Crippen molar-refractivity contribution in [3.05, 3.63) is 48.2 Å². The molecule has 7 heteroatoms. The van der Waals surface area contributed by atoms with Crippen molar-refractivity contribution in [2.45, 2.75) is 6.92 Å². The van der Waals surface area contributed by atoms with Gasteiger partial charge in [-0.05, 0) is 45.3 Å². The third-order valence-electron chi connectivity index (χ3n) is 3.85. The van der Waals surface area contributed by atoms with Crippen molar-refractivity contribution in [3.63, 3.8) is 0 Å². The van der Waals surface area contributed by atoms with Crippen LogP contribution in [0.2, 0.25) is 0 Å². The molecular formula is C19H22N4O3. The van der Waals surface area contributed by atoms with E-state index in [1.807, 2.05) is 47.8 Å². The third-order valence-corrected chi connectivity index (χ3v) is 3.85. The predicted octanol–water partition coefficient (Wildman–Crippen LogP) is 2.51. The van der Waals surface area contributed by atoms with E-state index in [1.54, 1.807) is 25.1 Å². The molecule has 3 rings (SSSR count). The standard InChI is InChI=1S/C19H22N4O3/c1-4-25-19(24)15-13-14-7-5-6-10-23(14)18(15)16-8-9-17(21-20-16)26-12-11-22(2)3/h5-10,13H,4,11-12H2,1-3H3. The van der Waals surface area contributed by atoms with E-state index in [4.69, 9.17) is 9.47 Å². The molecule has 0 aliphatic heterocycles. The minimum Gasteiger partial charge on any atom is -0.475 e. The monoisotopic (exact) mass is 354 g/mol. The summed E-state index contributed by atoms with van der Waals surface area (Å²) in [5.41, 5.74) is 2.60. The molecule has 0 aliphatic rings. The number of nitrogens with zero attached hydrogens (tertiary/aromatic N) is 4. The topological polar surface area (TPSA) is 69.0 Å². The summed E-state index contributed by atoms with van der Waals surface area (Å²) in [5, 5.41) is 8.38. The summed E-state index contributed by atoms with van der Waals surface area (Å²) in [7, 11) is 3.96. The molecule has 136 valence electrons. The predicted molar refractivity (Wildman–Crippen MR) is 98.4 cm³/mol. The minimum absolute atomic E-state index is 0.314. The minimum atomic E-state index is -0.376. The smallest absolute Gasteiger partial charge is 0.340 e. The number of hydrogen-bond donors (Lipinski definition) is 0. The SMILES string of the molecule is CCOC(=O)c1cc2ccccn2c1-c1ccc(OCCN(C)C)nn1. The first kappa shape index (κ1) is 17.9. The zero-order valence-corrected chi connectivity index (χ0v) is 15.2. The molecule has 0 unspecified atom stereocenters. The van der Waals surface area contributed by atoms with Gasteiger partial charge >= 0.3 is 5.97 Å². The Bertz CT molecular complexity index is 887. The summed E-state index contributed by atoms with van der Waals surface area (Å²) in [4.78, 5) is 14.4. The van der Waals surface area contributed by atoms with Gasteiger partial charge < -0.3 is 18.8 Å². The summed E-state index contributed by atoms with van der Waals surface area (Å²) >= 11 is 0. The largest absolute Gasteiger partial charge is 0.475 e. The van der Waals surface area contributed by atoms with E-state index >= 15 is 0 Å². The first-order chi connectivity index (χ1) is 12.6. The molecule has 3 aromatic heterocycles. The van der Waals surface area contributed by atoms with Gasteiger partial charge in [0.25, 0.3) is 0 Å². The highest BCUT2D eigenvalue weighted by atomic mass is 16.5. The second-order valence-corrected chi connectivity index (χ2v) is 6.03. The number of fused-ring (bicyclic) bond motifs is 1. The molecule has 26 heavy (non-hydrogen) atoms. The van der Waals surface area contributed by atoms with Crippen LogP contribution in [0.3, 0.4) is 0 Å². The van der Waals surface area contributed by atoms with Crippen molar-refractivity contribution < 1.29 is 14.3 Å². The Kier molecular flexibility index (Phi) is 5.48. The molecular weight excluding hydrogens is 332 g/mol.